The van der Waals surface area contributed by atoms with Crippen LogP contribution in [0.15, 0.2) is 48.5 Å². The van der Waals surface area contributed by atoms with Crippen molar-refractivity contribution in [1.29, 1.82) is 0 Å². The van der Waals surface area contributed by atoms with Gasteiger partial charge in [0.05, 0.1) is 15.9 Å². The normalized spacial score (nSPS) is 12.0. The highest BCUT2D eigenvalue weighted by Crippen LogP contribution is 2.32. The molecule has 0 radical (unpaired) electrons. The van der Waals surface area contributed by atoms with Crippen LogP contribution in [-0.4, -0.2) is 34.4 Å². The van der Waals surface area contributed by atoms with Gasteiger partial charge < -0.3 is 15.4 Å². The van der Waals surface area contributed by atoms with Crippen LogP contribution in [0.2, 0.25) is 0 Å². The summed E-state index contributed by atoms with van der Waals surface area (Å²) in [6.45, 7) is 7.10. The van der Waals surface area contributed by atoms with Crippen LogP contribution >= 0.6 is 0 Å². The van der Waals surface area contributed by atoms with Crippen molar-refractivity contribution < 1.29 is 24.2 Å². The van der Waals surface area contributed by atoms with Crippen LogP contribution in [0.3, 0.4) is 0 Å². The molecule has 2 amide bonds. The SMILES string of the molecule is CC(C)C[C@H](NC(=O)OC(C)(C)c1cc([N+](=O)[O-])cc([N+](=O)[O-])c1)C(=O)NCCc1ccccc1. The predicted molar refractivity (Wildman–Crippen MR) is 129 cm³/mol. The Bertz CT molecular complexity index is 1040. The standard InChI is InChI=1S/C24H30N4O7/c1-16(2)12-21(22(29)25-11-10-17-8-6-5-7-9-17)26-23(30)35-24(3,4)18-13-19(27(31)32)15-20(14-18)28(33)34/h5-9,13-16,21H,10-12H2,1-4H3,(H,25,29)(H,26,30)/t21-/m0/s1. The molecule has 0 aliphatic heterocycles. The molecular weight excluding hydrogens is 456 g/mol. The summed E-state index contributed by atoms with van der Waals surface area (Å²) in [4.78, 5) is 46.3. The fraction of sp³-hybridized carbons (Fsp3) is 0.417. The molecule has 0 aliphatic carbocycles. The number of benzene rings is 2. The molecule has 0 spiro atoms. The van der Waals surface area contributed by atoms with Gasteiger partial charge in [-0.25, -0.2) is 4.79 Å². The summed E-state index contributed by atoms with van der Waals surface area (Å²) in [6, 6.07) is 11.8. The summed E-state index contributed by atoms with van der Waals surface area (Å²) in [5.41, 5.74) is -1.31. The molecule has 11 heteroatoms. The molecule has 0 aromatic heterocycles. The van der Waals surface area contributed by atoms with Gasteiger partial charge in [-0.05, 0) is 38.2 Å². The monoisotopic (exact) mass is 486 g/mol. The number of hydrogen-bond donors (Lipinski definition) is 2. The molecule has 11 nitrogen and oxygen atoms in total. The fourth-order valence-corrected chi connectivity index (χ4v) is 3.42. The number of rotatable bonds is 11. The van der Waals surface area contributed by atoms with Gasteiger partial charge in [-0.3, -0.25) is 25.0 Å². The molecule has 0 heterocycles. The van der Waals surface area contributed by atoms with Crippen molar-refractivity contribution in [3.05, 3.63) is 79.9 Å². The zero-order valence-electron chi connectivity index (χ0n) is 20.1. The summed E-state index contributed by atoms with van der Waals surface area (Å²) in [5.74, 6) is -0.275. The van der Waals surface area contributed by atoms with E-state index in [1.54, 1.807) is 0 Å². The molecule has 35 heavy (non-hydrogen) atoms. The van der Waals surface area contributed by atoms with E-state index in [0.717, 1.165) is 23.8 Å². The molecule has 0 unspecified atom stereocenters. The third kappa shape index (κ3) is 8.36. The number of carbonyl (C=O) groups excluding carboxylic acids is 2. The number of amides is 2. The van der Waals surface area contributed by atoms with Crippen molar-refractivity contribution in [3.8, 4) is 0 Å². The molecular formula is C24H30N4O7. The summed E-state index contributed by atoms with van der Waals surface area (Å²) in [7, 11) is 0. The summed E-state index contributed by atoms with van der Waals surface area (Å²) in [5, 5.41) is 27.8. The zero-order valence-corrected chi connectivity index (χ0v) is 20.1. The van der Waals surface area contributed by atoms with E-state index in [-0.39, 0.29) is 17.4 Å². The Morgan fingerprint density at radius 3 is 2.09 bits per heavy atom. The lowest BCUT2D eigenvalue weighted by molar-refractivity contribution is -0.394. The van der Waals surface area contributed by atoms with Gasteiger partial charge in [0.2, 0.25) is 5.91 Å². The maximum atomic E-state index is 12.7. The van der Waals surface area contributed by atoms with Crippen molar-refractivity contribution in [2.24, 2.45) is 5.92 Å². The second kappa shape index (κ2) is 11.9. The minimum atomic E-state index is -1.45. The summed E-state index contributed by atoms with van der Waals surface area (Å²) >= 11 is 0. The molecule has 0 saturated heterocycles. The van der Waals surface area contributed by atoms with E-state index in [1.807, 2.05) is 44.2 Å². The van der Waals surface area contributed by atoms with Crippen molar-refractivity contribution in [3.63, 3.8) is 0 Å². The van der Waals surface area contributed by atoms with Crippen LogP contribution < -0.4 is 10.6 Å². The van der Waals surface area contributed by atoms with Crippen molar-refractivity contribution in [2.45, 2.75) is 52.2 Å². The van der Waals surface area contributed by atoms with E-state index in [1.165, 1.54) is 13.8 Å². The highest BCUT2D eigenvalue weighted by molar-refractivity contribution is 5.85. The van der Waals surface area contributed by atoms with Gasteiger partial charge in [-0.1, -0.05) is 44.2 Å². The Morgan fingerprint density at radius 1 is 1.00 bits per heavy atom. The number of alkyl carbamates (subject to hydrolysis) is 1. The molecule has 2 aromatic carbocycles. The topological polar surface area (TPSA) is 154 Å². The number of non-ortho nitro benzene ring substituents is 2. The first-order valence-electron chi connectivity index (χ1n) is 11.1. The second-order valence-corrected chi connectivity index (χ2v) is 9.01. The minimum absolute atomic E-state index is 0.0706. The lowest BCUT2D eigenvalue weighted by Crippen LogP contribution is -2.49. The average molecular weight is 487 g/mol. The first-order valence-corrected chi connectivity index (χ1v) is 11.1. The molecule has 0 aliphatic rings. The lowest BCUT2D eigenvalue weighted by Gasteiger charge is -2.27. The average Bonchev–Trinajstić information content (AvgIpc) is 2.78. The smallest absolute Gasteiger partial charge is 0.408 e. The Hall–Kier alpha value is -4.02. The molecule has 2 N–H and O–H groups in total. The van der Waals surface area contributed by atoms with E-state index in [4.69, 9.17) is 4.74 Å². The van der Waals surface area contributed by atoms with Crippen LogP contribution in [0.1, 0.15) is 45.2 Å². The first kappa shape index (κ1) is 27.2. The van der Waals surface area contributed by atoms with Crippen LogP contribution in [0, 0.1) is 26.1 Å². The first-order chi connectivity index (χ1) is 16.4. The molecule has 0 bridgehead atoms. The van der Waals surface area contributed by atoms with E-state index in [2.05, 4.69) is 10.6 Å². The highest BCUT2D eigenvalue weighted by Gasteiger charge is 2.32. The van der Waals surface area contributed by atoms with E-state index in [0.29, 0.717) is 19.4 Å². The van der Waals surface area contributed by atoms with E-state index < -0.39 is 39.0 Å². The number of nitro benzene ring substituents is 2. The van der Waals surface area contributed by atoms with Gasteiger partial charge in [-0.15, -0.1) is 0 Å². The van der Waals surface area contributed by atoms with Gasteiger partial charge in [0.1, 0.15) is 11.6 Å². The third-order valence-electron chi connectivity index (χ3n) is 5.24. The van der Waals surface area contributed by atoms with Gasteiger partial charge in [0, 0.05) is 24.2 Å². The molecule has 2 rings (SSSR count). The number of nitrogens with zero attached hydrogens (tertiary/aromatic N) is 2. The highest BCUT2D eigenvalue weighted by atomic mass is 16.6. The van der Waals surface area contributed by atoms with Crippen LogP contribution in [0.25, 0.3) is 0 Å². The Labute approximate surface area is 203 Å². The Morgan fingerprint density at radius 2 is 1.57 bits per heavy atom. The predicted octanol–water partition coefficient (Wildman–Crippen LogP) is 4.24. The number of ether oxygens (including phenoxy) is 1. The third-order valence-corrected chi connectivity index (χ3v) is 5.24. The summed E-state index contributed by atoms with van der Waals surface area (Å²) in [6.07, 6.45) is 0.0620. The Kier molecular flexibility index (Phi) is 9.26. The molecule has 188 valence electrons. The molecule has 0 saturated carbocycles. The quantitative estimate of drug-likeness (QED) is 0.356. The van der Waals surface area contributed by atoms with Gasteiger partial charge in [0.25, 0.3) is 11.4 Å². The van der Waals surface area contributed by atoms with Gasteiger partial charge in [0.15, 0.2) is 0 Å². The Balaban J connectivity index is 2.10. The number of nitrogens with one attached hydrogen (secondary N) is 2. The molecule has 1 atom stereocenters. The number of nitro groups is 2. The lowest BCUT2D eigenvalue weighted by atomic mass is 9.97. The van der Waals surface area contributed by atoms with E-state index >= 15 is 0 Å². The number of hydrogen-bond acceptors (Lipinski definition) is 7. The summed E-state index contributed by atoms with van der Waals surface area (Å²) < 4.78 is 5.45. The van der Waals surface area contributed by atoms with Crippen molar-refractivity contribution >= 4 is 23.4 Å². The van der Waals surface area contributed by atoms with Crippen molar-refractivity contribution in [1.82, 2.24) is 10.6 Å². The van der Waals surface area contributed by atoms with Crippen molar-refractivity contribution in [2.75, 3.05) is 6.54 Å². The van der Waals surface area contributed by atoms with Gasteiger partial charge >= 0.3 is 6.09 Å². The maximum absolute atomic E-state index is 12.7. The number of carbonyl (C=O) groups is 2. The largest absolute Gasteiger partial charge is 0.439 e. The fourth-order valence-electron chi connectivity index (χ4n) is 3.42. The van der Waals surface area contributed by atoms with Crippen LogP contribution in [-0.2, 0) is 21.6 Å². The molecule has 0 fully saturated rings. The second-order valence-electron chi connectivity index (χ2n) is 9.01. The van der Waals surface area contributed by atoms with E-state index in [9.17, 15) is 29.8 Å². The van der Waals surface area contributed by atoms with Crippen LogP contribution in [0.4, 0.5) is 16.2 Å². The molecule has 2 aromatic rings. The minimum Gasteiger partial charge on any atom is -0.439 e. The van der Waals surface area contributed by atoms with Crippen LogP contribution in [0.5, 0.6) is 0 Å². The maximum Gasteiger partial charge on any atom is 0.408 e. The van der Waals surface area contributed by atoms with Gasteiger partial charge in [-0.2, -0.15) is 0 Å². The zero-order chi connectivity index (χ0) is 26.2.